The van der Waals surface area contributed by atoms with E-state index in [9.17, 15) is 27.6 Å². The number of anilines is 2. The molecule has 0 aliphatic carbocycles. The van der Waals surface area contributed by atoms with Gasteiger partial charge >= 0.3 is 11.4 Å². The molecule has 0 atom stereocenters. The van der Waals surface area contributed by atoms with Crippen molar-refractivity contribution in [1.29, 1.82) is 0 Å². The van der Waals surface area contributed by atoms with Gasteiger partial charge in [-0.05, 0) is 24.3 Å². The number of benzene rings is 2. The van der Waals surface area contributed by atoms with E-state index in [4.69, 9.17) is 20.1 Å². The van der Waals surface area contributed by atoms with Crippen LogP contribution in [0.25, 0.3) is 10.9 Å². The lowest BCUT2D eigenvalue weighted by atomic mass is 10.2. The fourth-order valence-electron chi connectivity index (χ4n) is 3.35. The number of allylic oxidation sites excluding steroid dienone is 2. The maximum Gasteiger partial charge on any atom is 0.355 e. The van der Waals surface area contributed by atoms with Crippen LogP contribution in [-0.4, -0.2) is 30.2 Å². The van der Waals surface area contributed by atoms with Crippen molar-refractivity contribution in [3.63, 3.8) is 0 Å². The van der Waals surface area contributed by atoms with Gasteiger partial charge in [0.05, 0.1) is 32.1 Å². The van der Waals surface area contributed by atoms with Crippen LogP contribution in [0.15, 0.2) is 51.8 Å². The van der Waals surface area contributed by atoms with E-state index in [2.05, 4.69) is 15.4 Å². The summed E-state index contributed by atoms with van der Waals surface area (Å²) >= 11 is 6.33. The van der Waals surface area contributed by atoms with Gasteiger partial charge in [-0.15, -0.1) is 0 Å². The van der Waals surface area contributed by atoms with E-state index < -0.39 is 65.5 Å². The predicted molar refractivity (Wildman–Crippen MR) is 126 cm³/mol. The van der Waals surface area contributed by atoms with Crippen molar-refractivity contribution in [3.8, 4) is 0 Å². The van der Waals surface area contributed by atoms with Gasteiger partial charge in [-0.25, -0.2) is 27.3 Å². The molecule has 0 radical (unpaired) electrons. The maximum atomic E-state index is 14.8. The number of nitrogens with one attached hydrogen (secondary N) is 1. The van der Waals surface area contributed by atoms with Crippen molar-refractivity contribution in [2.45, 2.75) is 13.1 Å². The number of hydrogen-bond donors (Lipinski definition) is 2. The molecule has 0 fully saturated rings. The lowest BCUT2D eigenvalue weighted by molar-refractivity contribution is -0.104. The topological polar surface area (TPSA) is 130 Å². The number of halogens is 4. The van der Waals surface area contributed by atoms with E-state index in [1.807, 2.05) is 0 Å². The van der Waals surface area contributed by atoms with Crippen LogP contribution in [-0.2, 0) is 24.9 Å². The third-order valence-electron chi connectivity index (χ3n) is 4.98. The van der Waals surface area contributed by atoms with Crippen LogP contribution >= 0.6 is 11.6 Å². The Hall–Kier alpha value is -4.39. The van der Waals surface area contributed by atoms with Crippen molar-refractivity contribution < 1.29 is 20.7 Å². The number of carbonyl (C=O) groups is 1. The van der Waals surface area contributed by atoms with E-state index in [-0.39, 0.29) is 16.4 Å². The average Bonchev–Trinajstić information content (AvgIpc) is 3.22. The molecule has 4 rings (SSSR count). The molecule has 0 aliphatic heterocycles. The largest absolute Gasteiger partial charge is 0.400 e. The molecule has 0 spiro atoms. The average molecular weight is 522 g/mol. The van der Waals surface area contributed by atoms with Gasteiger partial charge in [-0.2, -0.15) is 10.1 Å². The number of nitrogens with two attached hydrogens (primary N) is 1. The molecular formula is C22H17ClF3N7O3. The quantitative estimate of drug-likeness (QED) is 0.217. The molecule has 186 valence electrons. The van der Waals surface area contributed by atoms with Crippen molar-refractivity contribution in [2.24, 2.45) is 12.8 Å². The molecule has 0 bridgehead atoms. The Bertz CT molecular complexity index is 1740. The van der Waals surface area contributed by atoms with Crippen molar-refractivity contribution in [1.82, 2.24) is 23.9 Å². The highest BCUT2D eigenvalue weighted by Gasteiger charge is 2.19. The number of carbonyl (C=O) groups excluding carboxylic acids is 1. The van der Waals surface area contributed by atoms with Crippen LogP contribution in [0.1, 0.15) is 8.30 Å². The molecule has 0 amide bonds. The van der Waals surface area contributed by atoms with Crippen LogP contribution in [0.2, 0.25) is 5.02 Å². The van der Waals surface area contributed by atoms with Crippen molar-refractivity contribution >= 4 is 40.4 Å². The molecule has 10 nitrogen and oxygen atoms in total. The molecule has 0 saturated carbocycles. The number of aldehydes is 1. The molecular weight excluding hydrogens is 503 g/mol. The number of nitrogens with zero attached hydrogens (tertiary/aromatic N) is 5. The zero-order valence-corrected chi connectivity index (χ0v) is 19.1. The standard InChI is InChI=1S/C22H17ClF3N7O3/c1-31-8-12-5-19(14(23)6-18(12)30-31)28-20-29-21(35)33(10-13(27)2-3-34)22(36)32(20)9-11-4-16(25)17(26)7-15(11)24/h2-8H,9-10,27H2,1H3,(H,28,29,35)/b13-2-/i4D,7D. The highest BCUT2D eigenvalue weighted by Crippen LogP contribution is 2.29. The normalized spacial score (nSPS) is 12.5. The fraction of sp³-hybridized carbons (Fsp3) is 0.136. The third kappa shape index (κ3) is 4.86. The first-order valence-corrected chi connectivity index (χ1v) is 10.4. The third-order valence-corrected chi connectivity index (χ3v) is 5.29. The Kier molecular flexibility index (Phi) is 5.95. The summed E-state index contributed by atoms with van der Waals surface area (Å²) in [6.45, 7) is -1.52. The lowest BCUT2D eigenvalue weighted by Crippen LogP contribution is -2.43. The summed E-state index contributed by atoms with van der Waals surface area (Å²) in [4.78, 5) is 40.6. The monoisotopic (exact) mass is 521 g/mol. The summed E-state index contributed by atoms with van der Waals surface area (Å²) in [5, 5.41) is 7.63. The lowest BCUT2D eigenvalue weighted by Gasteiger charge is -2.17. The van der Waals surface area contributed by atoms with E-state index in [0.29, 0.717) is 26.3 Å². The minimum atomic E-state index is -1.87. The molecule has 0 unspecified atom stereocenters. The molecule has 0 saturated heterocycles. The molecule has 14 heteroatoms. The highest BCUT2D eigenvalue weighted by molar-refractivity contribution is 6.34. The number of aryl methyl sites for hydroxylation is 1. The van der Waals surface area contributed by atoms with E-state index in [0.717, 1.165) is 6.08 Å². The number of aromatic nitrogens is 5. The number of fused-ring (bicyclic) bond motifs is 1. The minimum absolute atomic E-state index is 0.105. The van der Waals surface area contributed by atoms with Crippen molar-refractivity contribution in [3.05, 3.63) is 91.2 Å². The number of hydrogen-bond acceptors (Lipinski definition) is 7. The van der Waals surface area contributed by atoms with Crippen LogP contribution < -0.4 is 22.4 Å². The minimum Gasteiger partial charge on any atom is -0.400 e. The molecule has 2 aromatic carbocycles. The van der Waals surface area contributed by atoms with E-state index >= 15 is 0 Å². The fourth-order valence-corrected chi connectivity index (χ4v) is 3.55. The van der Waals surface area contributed by atoms with Gasteiger partial charge in [0.1, 0.15) is 12.1 Å². The van der Waals surface area contributed by atoms with Gasteiger partial charge in [0.2, 0.25) is 5.95 Å². The van der Waals surface area contributed by atoms with Crippen LogP contribution in [0.4, 0.5) is 24.8 Å². The predicted octanol–water partition coefficient (Wildman–Crippen LogP) is 2.20. The van der Waals surface area contributed by atoms with Gasteiger partial charge in [-0.1, -0.05) is 11.6 Å². The summed E-state index contributed by atoms with van der Waals surface area (Å²) < 4.78 is 60.7. The molecule has 3 N–H and O–H groups in total. The van der Waals surface area contributed by atoms with Gasteiger partial charge in [-0.3, -0.25) is 14.0 Å². The summed E-state index contributed by atoms with van der Waals surface area (Å²) in [5.41, 5.74) is 3.03. The first-order valence-electron chi connectivity index (χ1n) is 11.1. The van der Waals surface area contributed by atoms with E-state index in [1.54, 1.807) is 13.2 Å². The molecule has 2 heterocycles. The van der Waals surface area contributed by atoms with Crippen LogP contribution in [0, 0.1) is 17.5 Å². The Morgan fingerprint density at radius 2 is 1.92 bits per heavy atom. The Morgan fingerprint density at radius 1 is 1.19 bits per heavy atom. The first-order chi connectivity index (χ1) is 17.9. The summed E-state index contributed by atoms with van der Waals surface area (Å²) in [5.74, 6) is -5.74. The Morgan fingerprint density at radius 3 is 2.64 bits per heavy atom. The Balaban J connectivity index is 1.93. The van der Waals surface area contributed by atoms with Gasteiger partial charge < -0.3 is 11.1 Å². The molecule has 2 aromatic heterocycles. The van der Waals surface area contributed by atoms with Crippen molar-refractivity contribution in [2.75, 3.05) is 5.32 Å². The summed E-state index contributed by atoms with van der Waals surface area (Å²) in [6, 6.07) is 0.354. The zero-order chi connectivity index (χ0) is 27.9. The van der Waals surface area contributed by atoms with Crippen LogP contribution in [0.3, 0.4) is 0 Å². The SMILES string of the molecule is [2H]c1c(F)c(F)c([2H])c(Cn2c(Nc3cc4cn(C)nc4cc3Cl)nc(=O)n(C/C(N)=C/C=O)c2=O)c1F. The Labute approximate surface area is 207 Å². The second kappa shape index (κ2) is 9.70. The zero-order valence-electron chi connectivity index (χ0n) is 20.4. The summed E-state index contributed by atoms with van der Waals surface area (Å²) in [6.07, 6.45) is 2.89. The maximum absolute atomic E-state index is 14.8. The van der Waals surface area contributed by atoms with E-state index in [1.165, 1.54) is 16.8 Å². The first kappa shape index (κ1) is 22.1. The van der Waals surface area contributed by atoms with Crippen LogP contribution in [0.5, 0.6) is 0 Å². The van der Waals surface area contributed by atoms with Gasteiger partial charge in [0.15, 0.2) is 11.6 Å². The molecule has 0 aliphatic rings. The number of rotatable bonds is 7. The van der Waals surface area contributed by atoms with Gasteiger partial charge in [0, 0.05) is 35.9 Å². The molecule has 4 aromatic rings. The smallest absolute Gasteiger partial charge is 0.355 e. The molecule has 36 heavy (non-hydrogen) atoms. The second-order valence-corrected chi connectivity index (χ2v) is 7.95. The second-order valence-electron chi connectivity index (χ2n) is 7.54. The highest BCUT2D eigenvalue weighted by atomic mass is 35.5. The van der Waals surface area contributed by atoms with Gasteiger partial charge in [0.25, 0.3) is 0 Å². The summed E-state index contributed by atoms with van der Waals surface area (Å²) in [7, 11) is 1.68.